The van der Waals surface area contributed by atoms with Gasteiger partial charge in [-0.1, -0.05) is 34.1 Å². The fourth-order valence-corrected chi connectivity index (χ4v) is 2.33. The van der Waals surface area contributed by atoms with Crippen LogP contribution in [0.15, 0.2) is 42.5 Å². The summed E-state index contributed by atoms with van der Waals surface area (Å²) in [5, 5.41) is 0.801. The van der Waals surface area contributed by atoms with Crippen LogP contribution in [0.25, 0.3) is 0 Å². The Balaban J connectivity index is 1.93. The van der Waals surface area contributed by atoms with Crippen molar-refractivity contribution in [2.24, 2.45) is 0 Å². The third-order valence-electron chi connectivity index (χ3n) is 3.19. The maximum Gasteiger partial charge on any atom is 0.161 e. The third-order valence-corrected chi connectivity index (χ3v) is 3.84. The first kappa shape index (κ1) is 15.7. The lowest BCUT2D eigenvalue weighted by molar-refractivity contribution is 0.297. The molecule has 4 heteroatoms. The maximum absolute atomic E-state index is 5.82. The number of hydrogen-bond donors (Lipinski definition) is 0. The molecule has 0 heterocycles. The van der Waals surface area contributed by atoms with Gasteiger partial charge in [0.1, 0.15) is 5.75 Å². The molecule has 0 atom stereocenters. The number of rotatable bonds is 7. The van der Waals surface area contributed by atoms with Gasteiger partial charge in [-0.3, -0.25) is 0 Å². The monoisotopic (exact) mass is 350 g/mol. The van der Waals surface area contributed by atoms with Crippen LogP contribution < -0.4 is 14.2 Å². The van der Waals surface area contributed by atoms with Crippen molar-refractivity contribution in [1.82, 2.24) is 0 Å². The Morgan fingerprint density at radius 1 is 0.857 bits per heavy atom. The Labute approximate surface area is 134 Å². The molecule has 112 valence electrons. The van der Waals surface area contributed by atoms with E-state index in [2.05, 4.69) is 15.9 Å². The van der Waals surface area contributed by atoms with Gasteiger partial charge in [0.2, 0.25) is 0 Å². The molecule has 3 nitrogen and oxygen atoms in total. The van der Waals surface area contributed by atoms with Gasteiger partial charge in [0.15, 0.2) is 11.5 Å². The molecule has 21 heavy (non-hydrogen) atoms. The summed E-state index contributed by atoms with van der Waals surface area (Å²) in [6.45, 7) is 0.607. The molecule has 2 aromatic rings. The van der Waals surface area contributed by atoms with Crippen LogP contribution in [0.2, 0.25) is 0 Å². The summed E-state index contributed by atoms with van der Waals surface area (Å²) in [6, 6.07) is 14.0. The predicted molar refractivity (Wildman–Crippen MR) is 87.8 cm³/mol. The van der Waals surface area contributed by atoms with Crippen molar-refractivity contribution in [2.75, 3.05) is 20.8 Å². The summed E-state index contributed by atoms with van der Waals surface area (Å²) in [5.74, 6) is 2.41. The summed E-state index contributed by atoms with van der Waals surface area (Å²) in [7, 11) is 3.32. The molecule has 0 radical (unpaired) electrons. The second-order valence-electron chi connectivity index (χ2n) is 4.57. The Bertz CT molecular complexity index is 567. The van der Waals surface area contributed by atoms with E-state index < -0.39 is 0 Å². The predicted octanol–water partition coefficient (Wildman–Crippen LogP) is 4.22. The molecule has 0 saturated carbocycles. The Kier molecular flexibility index (Phi) is 5.93. The lowest BCUT2D eigenvalue weighted by Crippen LogP contribution is -2.03. The molecule has 0 saturated heterocycles. The van der Waals surface area contributed by atoms with Crippen molar-refractivity contribution < 1.29 is 14.2 Å². The molecule has 0 fully saturated rings. The highest BCUT2D eigenvalue weighted by Gasteiger charge is 2.05. The lowest BCUT2D eigenvalue weighted by Gasteiger charge is -2.12. The fraction of sp³-hybridized carbons (Fsp3) is 0.294. The zero-order valence-electron chi connectivity index (χ0n) is 12.3. The van der Waals surface area contributed by atoms with Gasteiger partial charge in [-0.2, -0.15) is 0 Å². The minimum Gasteiger partial charge on any atom is -0.497 e. The van der Waals surface area contributed by atoms with Crippen LogP contribution in [-0.2, 0) is 11.8 Å². The molecule has 0 aliphatic heterocycles. The minimum absolute atomic E-state index is 0.607. The van der Waals surface area contributed by atoms with Crippen molar-refractivity contribution >= 4 is 15.9 Å². The van der Waals surface area contributed by atoms with Gasteiger partial charge in [-0.15, -0.1) is 0 Å². The molecule has 0 amide bonds. The maximum atomic E-state index is 5.82. The molecular weight excluding hydrogens is 332 g/mol. The third kappa shape index (κ3) is 4.39. The fourth-order valence-electron chi connectivity index (χ4n) is 1.99. The van der Waals surface area contributed by atoms with E-state index in [-0.39, 0.29) is 0 Å². The van der Waals surface area contributed by atoms with Crippen LogP contribution in [0.5, 0.6) is 17.2 Å². The Hall–Kier alpha value is -1.68. The van der Waals surface area contributed by atoms with Crippen LogP contribution in [0, 0.1) is 0 Å². The first-order valence-corrected chi connectivity index (χ1v) is 7.87. The van der Waals surface area contributed by atoms with Gasteiger partial charge < -0.3 is 14.2 Å². The van der Waals surface area contributed by atoms with E-state index in [0.29, 0.717) is 6.61 Å². The molecule has 0 spiro atoms. The van der Waals surface area contributed by atoms with E-state index in [9.17, 15) is 0 Å². The van der Waals surface area contributed by atoms with Crippen molar-refractivity contribution in [3.63, 3.8) is 0 Å². The van der Waals surface area contributed by atoms with E-state index in [0.717, 1.165) is 34.6 Å². The van der Waals surface area contributed by atoms with E-state index in [1.165, 1.54) is 5.56 Å². The normalized spacial score (nSPS) is 10.2. The number of ether oxygens (including phenoxy) is 3. The van der Waals surface area contributed by atoms with Crippen molar-refractivity contribution in [3.05, 3.63) is 53.6 Å². The molecule has 2 aromatic carbocycles. The standard InChI is InChI=1S/C17H19BrO3/c1-19-15-6-3-13(4-7-15)9-10-21-16-8-5-14(12-18)11-17(16)20-2/h3-8,11H,9-10,12H2,1-2H3. The van der Waals surface area contributed by atoms with Crippen molar-refractivity contribution in [2.45, 2.75) is 11.8 Å². The van der Waals surface area contributed by atoms with Crippen LogP contribution >= 0.6 is 15.9 Å². The lowest BCUT2D eigenvalue weighted by atomic mass is 10.1. The van der Waals surface area contributed by atoms with Crippen LogP contribution in [0.1, 0.15) is 11.1 Å². The summed E-state index contributed by atoms with van der Waals surface area (Å²) in [5.41, 5.74) is 2.38. The van der Waals surface area contributed by atoms with E-state index in [1.54, 1.807) is 14.2 Å². The molecular formula is C17H19BrO3. The van der Waals surface area contributed by atoms with Crippen molar-refractivity contribution in [3.8, 4) is 17.2 Å². The number of hydrogen-bond acceptors (Lipinski definition) is 3. The molecule has 0 aliphatic carbocycles. The molecule has 0 aliphatic rings. The zero-order chi connectivity index (χ0) is 15.1. The summed E-state index contributed by atoms with van der Waals surface area (Å²) in [4.78, 5) is 0. The van der Waals surface area contributed by atoms with Gasteiger partial charge >= 0.3 is 0 Å². The van der Waals surface area contributed by atoms with Crippen LogP contribution in [0.4, 0.5) is 0 Å². The van der Waals surface area contributed by atoms with Crippen molar-refractivity contribution in [1.29, 1.82) is 0 Å². The van der Waals surface area contributed by atoms with E-state index in [4.69, 9.17) is 14.2 Å². The van der Waals surface area contributed by atoms with Gasteiger partial charge in [0, 0.05) is 11.8 Å². The van der Waals surface area contributed by atoms with Crippen LogP contribution in [0.3, 0.4) is 0 Å². The number of methoxy groups -OCH3 is 2. The topological polar surface area (TPSA) is 27.7 Å². The van der Waals surface area contributed by atoms with Gasteiger partial charge in [-0.05, 0) is 35.4 Å². The molecule has 0 bridgehead atoms. The SMILES string of the molecule is COc1ccc(CCOc2ccc(CBr)cc2OC)cc1. The molecule has 0 aromatic heterocycles. The Morgan fingerprint density at radius 3 is 2.19 bits per heavy atom. The first-order chi connectivity index (χ1) is 10.3. The highest BCUT2D eigenvalue weighted by Crippen LogP contribution is 2.29. The largest absolute Gasteiger partial charge is 0.497 e. The first-order valence-electron chi connectivity index (χ1n) is 6.75. The number of benzene rings is 2. The number of alkyl halides is 1. The molecule has 0 unspecified atom stereocenters. The highest BCUT2D eigenvalue weighted by atomic mass is 79.9. The quantitative estimate of drug-likeness (QED) is 0.699. The second-order valence-corrected chi connectivity index (χ2v) is 5.13. The van der Waals surface area contributed by atoms with Crippen LogP contribution in [-0.4, -0.2) is 20.8 Å². The van der Waals surface area contributed by atoms with Gasteiger partial charge in [0.25, 0.3) is 0 Å². The summed E-state index contributed by atoms with van der Waals surface area (Å²) < 4.78 is 16.3. The summed E-state index contributed by atoms with van der Waals surface area (Å²) >= 11 is 3.43. The molecule has 2 rings (SSSR count). The van der Waals surface area contributed by atoms with Gasteiger partial charge in [-0.25, -0.2) is 0 Å². The average molecular weight is 351 g/mol. The van der Waals surface area contributed by atoms with Gasteiger partial charge in [0.05, 0.1) is 20.8 Å². The van der Waals surface area contributed by atoms with E-state index in [1.807, 2.05) is 42.5 Å². The Morgan fingerprint density at radius 2 is 1.57 bits per heavy atom. The van der Waals surface area contributed by atoms with E-state index >= 15 is 0 Å². The summed E-state index contributed by atoms with van der Waals surface area (Å²) in [6.07, 6.45) is 0.841. The minimum atomic E-state index is 0.607. The smallest absolute Gasteiger partial charge is 0.161 e. The average Bonchev–Trinajstić information content (AvgIpc) is 2.55. The highest BCUT2D eigenvalue weighted by molar-refractivity contribution is 9.08. The second kappa shape index (κ2) is 7.93. The zero-order valence-corrected chi connectivity index (χ0v) is 13.9. The molecule has 0 N–H and O–H groups in total. The number of halogens is 1.